The number of aryl methyl sites for hydroxylation is 1. The lowest BCUT2D eigenvalue weighted by atomic mass is 10.1. The summed E-state index contributed by atoms with van der Waals surface area (Å²) in [5.41, 5.74) is 3.75. The third-order valence-corrected chi connectivity index (χ3v) is 4.53. The van der Waals surface area contributed by atoms with E-state index in [4.69, 9.17) is 0 Å². The minimum Gasteiger partial charge on any atom is -0.325 e. The lowest BCUT2D eigenvalue weighted by molar-refractivity contribution is -0.115. The first-order valence-electron chi connectivity index (χ1n) is 6.01. The third kappa shape index (κ3) is 4.04. The Morgan fingerprint density at radius 3 is 2.74 bits per heavy atom. The van der Waals surface area contributed by atoms with Crippen LogP contribution in [0.25, 0.3) is 0 Å². The Hall–Kier alpha value is -1.40. The van der Waals surface area contributed by atoms with E-state index in [9.17, 15) is 4.79 Å². The van der Waals surface area contributed by atoms with Gasteiger partial charge in [-0.2, -0.15) is 0 Å². The highest BCUT2D eigenvalue weighted by atomic mass is 32.2. The van der Waals surface area contributed by atoms with E-state index in [0.29, 0.717) is 0 Å². The molecule has 19 heavy (non-hydrogen) atoms. The van der Waals surface area contributed by atoms with E-state index in [1.54, 1.807) is 5.51 Å². The molecule has 0 saturated carbocycles. The Bertz CT molecular complexity index is 525. The molecule has 6 heteroatoms. The molecule has 1 aromatic heterocycles. The summed E-state index contributed by atoms with van der Waals surface area (Å²) in [5.74, 6) is -0.0237. The number of carbonyl (C=O) groups is 1. The molecule has 0 saturated heterocycles. The van der Waals surface area contributed by atoms with Crippen molar-refractivity contribution in [2.24, 2.45) is 0 Å². The molecule has 2 rings (SSSR count). The van der Waals surface area contributed by atoms with Crippen LogP contribution >= 0.6 is 23.1 Å². The zero-order chi connectivity index (χ0) is 13.7. The second-order valence-electron chi connectivity index (χ2n) is 4.00. The van der Waals surface area contributed by atoms with Crippen LogP contribution in [-0.2, 0) is 11.2 Å². The van der Waals surface area contributed by atoms with Gasteiger partial charge in [-0.3, -0.25) is 4.79 Å². The van der Waals surface area contributed by atoms with E-state index >= 15 is 0 Å². The Morgan fingerprint density at radius 1 is 1.42 bits per heavy atom. The minimum absolute atomic E-state index is 0.0237. The summed E-state index contributed by atoms with van der Waals surface area (Å²) in [6.45, 7) is 3.97. The highest BCUT2D eigenvalue weighted by Crippen LogP contribution is 2.25. The summed E-state index contributed by atoms with van der Waals surface area (Å²) in [6.07, 6.45) is 0.998. The number of carbonyl (C=O) groups excluding carboxylic acids is 1. The number of rotatable bonds is 5. The summed E-state index contributed by atoms with van der Waals surface area (Å²) < 4.78 is 0.809. The molecule has 0 radical (unpaired) electrons. The largest absolute Gasteiger partial charge is 0.325 e. The molecule has 1 heterocycles. The molecule has 1 aromatic carbocycles. The van der Waals surface area contributed by atoms with Crippen molar-refractivity contribution in [3.05, 3.63) is 35.3 Å². The van der Waals surface area contributed by atoms with E-state index in [0.717, 1.165) is 16.4 Å². The highest BCUT2D eigenvalue weighted by Gasteiger charge is 2.16. The molecular formula is C13H15N3OS2. The highest BCUT2D eigenvalue weighted by molar-refractivity contribution is 8.02. The Kier molecular flexibility index (Phi) is 4.93. The summed E-state index contributed by atoms with van der Waals surface area (Å²) in [7, 11) is 0. The fourth-order valence-corrected chi connectivity index (χ4v) is 3.11. The first kappa shape index (κ1) is 14.0. The van der Waals surface area contributed by atoms with Gasteiger partial charge in [0.15, 0.2) is 4.34 Å². The summed E-state index contributed by atoms with van der Waals surface area (Å²) in [4.78, 5) is 12.0. The second-order valence-corrected chi connectivity index (χ2v) is 6.43. The maximum absolute atomic E-state index is 12.0. The van der Waals surface area contributed by atoms with Crippen molar-refractivity contribution in [1.82, 2.24) is 10.2 Å². The molecule has 0 spiro atoms. The fraction of sp³-hybridized carbons (Fsp3) is 0.308. The van der Waals surface area contributed by atoms with Gasteiger partial charge in [0.05, 0.1) is 5.25 Å². The van der Waals surface area contributed by atoms with Crippen molar-refractivity contribution in [1.29, 1.82) is 0 Å². The third-order valence-electron chi connectivity index (χ3n) is 2.62. The Morgan fingerprint density at radius 2 is 2.16 bits per heavy atom. The van der Waals surface area contributed by atoms with Crippen molar-refractivity contribution in [3.63, 3.8) is 0 Å². The number of aromatic nitrogens is 2. The molecule has 0 aliphatic rings. The smallest absolute Gasteiger partial charge is 0.237 e. The van der Waals surface area contributed by atoms with Gasteiger partial charge in [-0.05, 0) is 31.0 Å². The van der Waals surface area contributed by atoms with Crippen molar-refractivity contribution < 1.29 is 4.79 Å². The van der Waals surface area contributed by atoms with Crippen LogP contribution in [0.2, 0.25) is 0 Å². The van der Waals surface area contributed by atoms with E-state index in [1.165, 1.54) is 28.7 Å². The molecule has 0 fully saturated rings. The molecular weight excluding hydrogens is 278 g/mol. The minimum atomic E-state index is -0.196. The normalized spacial score (nSPS) is 12.1. The summed E-state index contributed by atoms with van der Waals surface area (Å²) in [5, 5.41) is 10.4. The molecule has 1 atom stereocenters. The van der Waals surface area contributed by atoms with Gasteiger partial charge in [-0.15, -0.1) is 10.2 Å². The molecule has 1 unspecified atom stereocenters. The number of hydrogen-bond donors (Lipinski definition) is 1. The van der Waals surface area contributed by atoms with E-state index in [1.807, 2.05) is 31.2 Å². The van der Waals surface area contributed by atoms with Gasteiger partial charge in [-0.25, -0.2) is 0 Å². The maximum Gasteiger partial charge on any atom is 0.237 e. The average Bonchev–Trinajstić information content (AvgIpc) is 2.92. The standard InChI is InChI=1S/C13H15N3OS2/c1-3-10-4-6-11(7-5-10)15-12(17)9(2)19-13-16-14-8-18-13/h4-9H,3H2,1-2H3,(H,15,17). The zero-order valence-electron chi connectivity index (χ0n) is 10.8. The molecule has 0 bridgehead atoms. The monoisotopic (exact) mass is 293 g/mol. The molecule has 1 amide bonds. The van der Waals surface area contributed by atoms with Crippen molar-refractivity contribution in [2.75, 3.05) is 5.32 Å². The second kappa shape index (κ2) is 6.68. The van der Waals surface area contributed by atoms with E-state index in [2.05, 4.69) is 22.4 Å². The molecule has 2 aromatic rings. The lowest BCUT2D eigenvalue weighted by Gasteiger charge is -2.10. The zero-order valence-corrected chi connectivity index (χ0v) is 12.4. The van der Waals surface area contributed by atoms with Crippen LogP contribution in [0.1, 0.15) is 19.4 Å². The Balaban J connectivity index is 1.92. The number of benzene rings is 1. The van der Waals surface area contributed by atoms with Gasteiger partial charge in [0.2, 0.25) is 5.91 Å². The molecule has 1 N–H and O–H groups in total. The Labute approximate surface area is 120 Å². The van der Waals surface area contributed by atoms with Crippen LogP contribution in [0.15, 0.2) is 34.1 Å². The molecule has 100 valence electrons. The van der Waals surface area contributed by atoms with Gasteiger partial charge >= 0.3 is 0 Å². The predicted molar refractivity (Wildman–Crippen MR) is 79.7 cm³/mol. The number of nitrogens with zero attached hydrogens (tertiary/aromatic N) is 2. The number of anilines is 1. The first-order chi connectivity index (χ1) is 9.19. The lowest BCUT2D eigenvalue weighted by Crippen LogP contribution is -2.22. The van der Waals surface area contributed by atoms with E-state index in [-0.39, 0.29) is 11.2 Å². The van der Waals surface area contributed by atoms with Crippen LogP contribution < -0.4 is 5.32 Å². The van der Waals surface area contributed by atoms with Gasteiger partial charge in [0.25, 0.3) is 0 Å². The van der Waals surface area contributed by atoms with Crippen LogP contribution in [-0.4, -0.2) is 21.4 Å². The molecule has 4 nitrogen and oxygen atoms in total. The predicted octanol–water partition coefficient (Wildman–Crippen LogP) is 3.22. The van der Waals surface area contributed by atoms with Gasteiger partial charge in [0.1, 0.15) is 5.51 Å². The fourth-order valence-electron chi connectivity index (χ4n) is 1.49. The SMILES string of the molecule is CCc1ccc(NC(=O)C(C)Sc2nncs2)cc1. The van der Waals surface area contributed by atoms with Crippen LogP contribution in [0.5, 0.6) is 0 Å². The van der Waals surface area contributed by atoms with Crippen LogP contribution in [0.4, 0.5) is 5.69 Å². The van der Waals surface area contributed by atoms with E-state index < -0.39 is 0 Å². The topological polar surface area (TPSA) is 54.9 Å². The van der Waals surface area contributed by atoms with Crippen molar-refractivity contribution >= 4 is 34.7 Å². The number of thioether (sulfide) groups is 1. The number of hydrogen-bond acceptors (Lipinski definition) is 5. The van der Waals surface area contributed by atoms with Crippen molar-refractivity contribution in [3.8, 4) is 0 Å². The average molecular weight is 293 g/mol. The van der Waals surface area contributed by atoms with Gasteiger partial charge < -0.3 is 5.32 Å². The van der Waals surface area contributed by atoms with Crippen LogP contribution in [0, 0.1) is 0 Å². The molecule has 0 aliphatic carbocycles. The quantitative estimate of drug-likeness (QED) is 0.860. The van der Waals surface area contributed by atoms with Gasteiger partial charge in [0, 0.05) is 5.69 Å². The number of amides is 1. The maximum atomic E-state index is 12.0. The van der Waals surface area contributed by atoms with Gasteiger partial charge in [-0.1, -0.05) is 42.2 Å². The first-order valence-corrected chi connectivity index (χ1v) is 7.77. The van der Waals surface area contributed by atoms with Crippen LogP contribution in [0.3, 0.4) is 0 Å². The number of nitrogens with one attached hydrogen (secondary N) is 1. The summed E-state index contributed by atoms with van der Waals surface area (Å²) in [6, 6.07) is 7.91. The van der Waals surface area contributed by atoms with Crippen molar-refractivity contribution in [2.45, 2.75) is 29.9 Å². The summed E-state index contributed by atoms with van der Waals surface area (Å²) >= 11 is 2.86. The molecule has 0 aliphatic heterocycles.